The molecule has 0 bridgehead atoms. The summed E-state index contributed by atoms with van der Waals surface area (Å²) in [6.45, 7) is 6.86. The fourth-order valence-electron chi connectivity index (χ4n) is 2.22. The van der Waals surface area contributed by atoms with Crippen LogP contribution in [0, 0.1) is 0 Å². The minimum Gasteiger partial charge on any atom is -0.464 e. The van der Waals surface area contributed by atoms with Gasteiger partial charge in [-0.15, -0.1) is 0 Å². The van der Waals surface area contributed by atoms with E-state index < -0.39 is 37.5 Å². The molecular formula is C19H34N2O8. The van der Waals surface area contributed by atoms with E-state index in [-0.39, 0.29) is 18.4 Å². The third kappa shape index (κ3) is 15.5. The normalized spacial score (nSPS) is 12.7. The van der Waals surface area contributed by atoms with Crippen molar-refractivity contribution in [2.24, 2.45) is 0 Å². The second kappa shape index (κ2) is 16.9. The highest BCUT2D eigenvalue weighted by Crippen LogP contribution is 1.98. The highest BCUT2D eigenvalue weighted by molar-refractivity contribution is 5.94. The summed E-state index contributed by atoms with van der Waals surface area (Å²) in [4.78, 5) is 45.1. The molecule has 0 unspecified atom stereocenters. The van der Waals surface area contributed by atoms with E-state index in [1.807, 2.05) is 6.92 Å². The lowest BCUT2D eigenvalue weighted by Gasteiger charge is -2.19. The molecule has 0 saturated carbocycles. The van der Waals surface area contributed by atoms with Crippen LogP contribution in [0.15, 0.2) is 0 Å². The molecule has 0 rings (SSSR count). The first-order valence-corrected chi connectivity index (χ1v) is 9.74. The summed E-state index contributed by atoms with van der Waals surface area (Å²) in [5.74, 6) is -2.76. The molecule has 10 heteroatoms. The molecule has 0 aliphatic rings. The first-order valence-electron chi connectivity index (χ1n) is 9.74. The SMILES string of the molecule is CC[C@H](COC)NCCN[C@H](CC)COC(=O)CC(=O)OCOC(=O)CC(C)=O. The van der Waals surface area contributed by atoms with Crippen molar-refractivity contribution >= 4 is 23.7 Å². The van der Waals surface area contributed by atoms with E-state index in [0.717, 1.165) is 19.4 Å². The van der Waals surface area contributed by atoms with Crippen LogP contribution < -0.4 is 10.6 Å². The fourth-order valence-corrected chi connectivity index (χ4v) is 2.22. The van der Waals surface area contributed by atoms with Gasteiger partial charge in [-0.25, -0.2) is 0 Å². The van der Waals surface area contributed by atoms with E-state index in [9.17, 15) is 19.2 Å². The maximum absolute atomic E-state index is 11.7. The van der Waals surface area contributed by atoms with Gasteiger partial charge in [0.1, 0.15) is 25.2 Å². The van der Waals surface area contributed by atoms with Gasteiger partial charge in [-0.3, -0.25) is 19.2 Å². The predicted molar refractivity (Wildman–Crippen MR) is 104 cm³/mol. The van der Waals surface area contributed by atoms with Gasteiger partial charge < -0.3 is 29.6 Å². The smallest absolute Gasteiger partial charge is 0.320 e. The van der Waals surface area contributed by atoms with Crippen molar-refractivity contribution in [1.82, 2.24) is 10.6 Å². The monoisotopic (exact) mass is 418 g/mol. The molecule has 0 amide bonds. The maximum Gasteiger partial charge on any atom is 0.320 e. The molecular weight excluding hydrogens is 384 g/mol. The van der Waals surface area contributed by atoms with Crippen molar-refractivity contribution in [1.29, 1.82) is 0 Å². The first-order chi connectivity index (χ1) is 13.8. The third-order valence-corrected chi connectivity index (χ3v) is 3.91. The number of hydrogen-bond donors (Lipinski definition) is 2. The number of ether oxygens (including phenoxy) is 4. The van der Waals surface area contributed by atoms with Crippen LogP contribution in [0.2, 0.25) is 0 Å². The van der Waals surface area contributed by atoms with Crippen LogP contribution in [0.3, 0.4) is 0 Å². The molecule has 0 aromatic heterocycles. The zero-order valence-electron chi connectivity index (χ0n) is 17.8. The third-order valence-electron chi connectivity index (χ3n) is 3.91. The number of carbonyl (C=O) groups excluding carboxylic acids is 4. The molecule has 0 heterocycles. The van der Waals surface area contributed by atoms with E-state index in [2.05, 4.69) is 27.0 Å². The minimum atomic E-state index is -0.875. The van der Waals surface area contributed by atoms with Crippen LogP contribution in [0.25, 0.3) is 0 Å². The Balaban J connectivity index is 3.94. The zero-order chi connectivity index (χ0) is 22.1. The molecule has 2 N–H and O–H groups in total. The summed E-state index contributed by atoms with van der Waals surface area (Å²) < 4.78 is 19.4. The average molecular weight is 418 g/mol. The Morgan fingerprint density at radius 2 is 1.24 bits per heavy atom. The van der Waals surface area contributed by atoms with E-state index in [4.69, 9.17) is 9.47 Å². The maximum atomic E-state index is 11.7. The molecule has 168 valence electrons. The van der Waals surface area contributed by atoms with Gasteiger partial charge in [0.2, 0.25) is 6.79 Å². The molecule has 0 fully saturated rings. The zero-order valence-corrected chi connectivity index (χ0v) is 17.8. The van der Waals surface area contributed by atoms with Gasteiger partial charge in [-0.2, -0.15) is 0 Å². The van der Waals surface area contributed by atoms with E-state index in [0.29, 0.717) is 19.2 Å². The largest absolute Gasteiger partial charge is 0.464 e. The van der Waals surface area contributed by atoms with Crippen molar-refractivity contribution in [3.8, 4) is 0 Å². The molecule has 0 spiro atoms. The lowest BCUT2D eigenvalue weighted by atomic mass is 10.2. The van der Waals surface area contributed by atoms with Gasteiger partial charge in [0.15, 0.2) is 0 Å². The van der Waals surface area contributed by atoms with Crippen molar-refractivity contribution in [2.45, 2.75) is 58.5 Å². The van der Waals surface area contributed by atoms with E-state index in [1.165, 1.54) is 6.92 Å². The summed E-state index contributed by atoms with van der Waals surface area (Å²) in [5.41, 5.74) is 0. The molecule has 0 aromatic rings. The molecule has 2 atom stereocenters. The number of rotatable bonds is 17. The number of esters is 3. The van der Waals surface area contributed by atoms with Crippen molar-refractivity contribution in [3.63, 3.8) is 0 Å². The number of methoxy groups -OCH3 is 1. The Hall–Kier alpha value is -2.04. The van der Waals surface area contributed by atoms with Crippen LogP contribution in [-0.4, -0.2) is 76.0 Å². The van der Waals surface area contributed by atoms with Gasteiger partial charge in [-0.05, 0) is 19.8 Å². The Morgan fingerprint density at radius 1 is 0.759 bits per heavy atom. The number of nitrogens with one attached hydrogen (secondary N) is 2. The van der Waals surface area contributed by atoms with Crippen LogP contribution >= 0.6 is 0 Å². The Morgan fingerprint density at radius 3 is 1.72 bits per heavy atom. The lowest BCUT2D eigenvalue weighted by Crippen LogP contribution is -2.41. The van der Waals surface area contributed by atoms with E-state index >= 15 is 0 Å². The lowest BCUT2D eigenvalue weighted by molar-refractivity contribution is -0.169. The Bertz CT molecular complexity index is 512. The summed E-state index contributed by atoms with van der Waals surface area (Å²) >= 11 is 0. The van der Waals surface area contributed by atoms with Gasteiger partial charge >= 0.3 is 17.9 Å². The fraction of sp³-hybridized carbons (Fsp3) is 0.789. The number of hydrogen-bond acceptors (Lipinski definition) is 10. The second-order valence-electron chi connectivity index (χ2n) is 6.46. The molecule has 0 aromatic carbocycles. The van der Waals surface area contributed by atoms with Gasteiger partial charge in [0.25, 0.3) is 0 Å². The average Bonchev–Trinajstić information content (AvgIpc) is 2.65. The van der Waals surface area contributed by atoms with Crippen molar-refractivity contribution < 1.29 is 38.1 Å². The summed E-state index contributed by atoms with van der Waals surface area (Å²) in [6, 6.07) is 0.263. The Kier molecular flexibility index (Phi) is 15.7. The number of carbonyl (C=O) groups is 4. The topological polar surface area (TPSA) is 129 Å². The van der Waals surface area contributed by atoms with Gasteiger partial charge in [-0.1, -0.05) is 13.8 Å². The Labute approximate surface area is 172 Å². The molecule has 29 heavy (non-hydrogen) atoms. The first kappa shape index (κ1) is 27.0. The summed E-state index contributed by atoms with van der Waals surface area (Å²) in [7, 11) is 1.67. The van der Waals surface area contributed by atoms with Crippen LogP contribution in [0.5, 0.6) is 0 Å². The molecule has 0 saturated heterocycles. The predicted octanol–water partition coefficient (Wildman–Crippen LogP) is 0.326. The van der Waals surface area contributed by atoms with Gasteiger partial charge in [0.05, 0.1) is 6.61 Å². The van der Waals surface area contributed by atoms with Crippen molar-refractivity contribution in [2.75, 3.05) is 40.2 Å². The quantitative estimate of drug-likeness (QED) is 0.147. The summed E-state index contributed by atoms with van der Waals surface area (Å²) in [5, 5.41) is 6.65. The highest BCUT2D eigenvalue weighted by Gasteiger charge is 2.15. The molecule has 0 aliphatic carbocycles. The standard InChI is InChI=1S/C19H34N2O8/c1-5-15(11-26-4)20-7-8-21-16(6-2)12-27-18(24)10-19(25)29-13-28-17(23)9-14(3)22/h15-16,20-21H,5-13H2,1-4H3/t15-,16-/m1/s1. The molecule has 0 aliphatic heterocycles. The number of ketones is 1. The van der Waals surface area contributed by atoms with Gasteiger partial charge in [0, 0.05) is 32.3 Å². The second-order valence-corrected chi connectivity index (χ2v) is 6.46. The van der Waals surface area contributed by atoms with Crippen LogP contribution in [-0.2, 0) is 38.1 Å². The molecule has 0 radical (unpaired) electrons. The summed E-state index contributed by atoms with van der Waals surface area (Å²) in [6.07, 6.45) is 0.733. The number of Topliss-reactive ketones (excluding diaryl/α,β-unsaturated/α-hetero) is 1. The minimum absolute atomic E-state index is 0.0354. The van der Waals surface area contributed by atoms with Crippen LogP contribution in [0.4, 0.5) is 0 Å². The van der Waals surface area contributed by atoms with Crippen LogP contribution in [0.1, 0.15) is 46.5 Å². The van der Waals surface area contributed by atoms with Crippen molar-refractivity contribution in [3.05, 3.63) is 0 Å². The molecule has 10 nitrogen and oxygen atoms in total. The highest BCUT2D eigenvalue weighted by atomic mass is 16.7. The van der Waals surface area contributed by atoms with E-state index in [1.54, 1.807) is 7.11 Å².